The van der Waals surface area contributed by atoms with Crippen LogP contribution in [0.2, 0.25) is 0 Å². The predicted octanol–water partition coefficient (Wildman–Crippen LogP) is 4.58. The van der Waals surface area contributed by atoms with E-state index in [1.165, 1.54) is 19.3 Å². The van der Waals surface area contributed by atoms with E-state index >= 15 is 0 Å². The van der Waals surface area contributed by atoms with Crippen molar-refractivity contribution in [2.24, 2.45) is 0 Å². The highest BCUT2D eigenvalue weighted by molar-refractivity contribution is 5.91. The maximum atomic E-state index is 11.8. The van der Waals surface area contributed by atoms with Gasteiger partial charge in [0.1, 0.15) is 0 Å². The molecule has 4 nitrogen and oxygen atoms in total. The zero-order valence-electron chi connectivity index (χ0n) is 15.4. The lowest BCUT2D eigenvalue weighted by Gasteiger charge is -2.11. The Morgan fingerprint density at radius 1 is 1.21 bits per heavy atom. The second-order valence-electron chi connectivity index (χ2n) is 5.97. The Labute approximate surface area is 146 Å². The topological polar surface area (TPSA) is 47.6 Å². The van der Waals surface area contributed by atoms with Crippen molar-refractivity contribution < 1.29 is 14.3 Å². The molecule has 1 atom stereocenters. The van der Waals surface area contributed by atoms with Gasteiger partial charge in [0.25, 0.3) is 0 Å². The van der Waals surface area contributed by atoms with Gasteiger partial charge >= 0.3 is 0 Å². The summed E-state index contributed by atoms with van der Waals surface area (Å²) in [5.41, 5.74) is 0.907. The minimum Gasteiger partial charge on any atom is -0.493 e. The molecule has 0 aliphatic heterocycles. The van der Waals surface area contributed by atoms with Gasteiger partial charge < -0.3 is 14.8 Å². The number of carbonyl (C=O) groups is 1. The molecule has 0 aliphatic carbocycles. The van der Waals surface area contributed by atoms with Gasteiger partial charge in [-0.3, -0.25) is 4.79 Å². The SMILES string of the molecule is CCCCCCOc1ccc(/C=C/C(=O)NC(C)CC)cc1OC. The third-order valence-electron chi connectivity index (χ3n) is 3.87. The van der Waals surface area contributed by atoms with Gasteiger partial charge in [0, 0.05) is 12.1 Å². The zero-order valence-corrected chi connectivity index (χ0v) is 15.4. The molecule has 24 heavy (non-hydrogen) atoms. The zero-order chi connectivity index (χ0) is 17.8. The molecule has 134 valence electrons. The summed E-state index contributed by atoms with van der Waals surface area (Å²) in [4.78, 5) is 11.8. The number of hydrogen-bond acceptors (Lipinski definition) is 3. The van der Waals surface area contributed by atoms with Crippen molar-refractivity contribution in [1.82, 2.24) is 5.32 Å². The molecular formula is C20H31NO3. The summed E-state index contributed by atoms with van der Waals surface area (Å²) in [5.74, 6) is 1.35. The fourth-order valence-corrected chi connectivity index (χ4v) is 2.18. The smallest absolute Gasteiger partial charge is 0.244 e. The van der Waals surface area contributed by atoms with Crippen LogP contribution in [0.4, 0.5) is 0 Å². The third-order valence-corrected chi connectivity index (χ3v) is 3.87. The highest BCUT2D eigenvalue weighted by Crippen LogP contribution is 2.28. The van der Waals surface area contributed by atoms with Crippen molar-refractivity contribution >= 4 is 12.0 Å². The van der Waals surface area contributed by atoms with Crippen molar-refractivity contribution in [3.8, 4) is 11.5 Å². The summed E-state index contributed by atoms with van der Waals surface area (Å²) in [6.45, 7) is 6.92. The van der Waals surface area contributed by atoms with Gasteiger partial charge in [-0.1, -0.05) is 39.2 Å². The third kappa shape index (κ3) is 7.53. The van der Waals surface area contributed by atoms with E-state index in [0.29, 0.717) is 12.4 Å². The number of ether oxygens (including phenoxy) is 2. The first-order valence-electron chi connectivity index (χ1n) is 8.90. The molecule has 0 heterocycles. The molecule has 0 fully saturated rings. The van der Waals surface area contributed by atoms with Crippen molar-refractivity contribution in [3.05, 3.63) is 29.8 Å². The van der Waals surface area contributed by atoms with Crippen LogP contribution in [0.1, 0.15) is 58.4 Å². The first-order chi connectivity index (χ1) is 11.6. The fourth-order valence-electron chi connectivity index (χ4n) is 2.18. The van der Waals surface area contributed by atoms with Crippen LogP contribution in [-0.2, 0) is 4.79 Å². The molecule has 1 rings (SSSR count). The Morgan fingerprint density at radius 3 is 2.67 bits per heavy atom. The van der Waals surface area contributed by atoms with Crippen LogP contribution in [0.5, 0.6) is 11.5 Å². The van der Waals surface area contributed by atoms with Crippen molar-refractivity contribution in [2.75, 3.05) is 13.7 Å². The number of carbonyl (C=O) groups excluding carboxylic acids is 1. The van der Waals surface area contributed by atoms with E-state index in [4.69, 9.17) is 9.47 Å². The quantitative estimate of drug-likeness (QED) is 0.476. The molecule has 1 amide bonds. The summed E-state index contributed by atoms with van der Waals surface area (Å²) in [6, 6.07) is 5.89. The summed E-state index contributed by atoms with van der Waals surface area (Å²) < 4.78 is 11.2. The number of unbranched alkanes of at least 4 members (excludes halogenated alkanes) is 3. The minimum absolute atomic E-state index is 0.0837. The Morgan fingerprint density at radius 2 is 2.00 bits per heavy atom. The van der Waals surface area contributed by atoms with Crippen molar-refractivity contribution in [2.45, 2.75) is 58.9 Å². The Kier molecular flexibility index (Phi) is 9.66. The largest absolute Gasteiger partial charge is 0.493 e. The highest BCUT2D eigenvalue weighted by atomic mass is 16.5. The van der Waals surface area contributed by atoms with Crippen LogP contribution >= 0.6 is 0 Å². The lowest BCUT2D eigenvalue weighted by atomic mass is 10.1. The monoisotopic (exact) mass is 333 g/mol. The number of hydrogen-bond donors (Lipinski definition) is 1. The fraction of sp³-hybridized carbons (Fsp3) is 0.550. The van der Waals surface area contributed by atoms with Gasteiger partial charge in [-0.05, 0) is 43.5 Å². The molecule has 1 unspecified atom stereocenters. The molecule has 1 aromatic carbocycles. The van der Waals surface area contributed by atoms with Gasteiger partial charge in [0.15, 0.2) is 11.5 Å². The van der Waals surface area contributed by atoms with Gasteiger partial charge in [-0.2, -0.15) is 0 Å². The summed E-state index contributed by atoms with van der Waals surface area (Å²) in [5, 5.41) is 2.90. The van der Waals surface area contributed by atoms with E-state index in [1.807, 2.05) is 32.0 Å². The number of methoxy groups -OCH3 is 1. The van der Waals surface area contributed by atoms with E-state index in [0.717, 1.165) is 24.2 Å². The highest BCUT2D eigenvalue weighted by Gasteiger charge is 2.06. The lowest BCUT2D eigenvalue weighted by molar-refractivity contribution is -0.117. The maximum Gasteiger partial charge on any atom is 0.244 e. The predicted molar refractivity (Wildman–Crippen MR) is 99.6 cm³/mol. The van der Waals surface area contributed by atoms with E-state index in [2.05, 4.69) is 12.2 Å². The average Bonchev–Trinajstić information content (AvgIpc) is 2.60. The van der Waals surface area contributed by atoms with Crippen LogP contribution in [-0.4, -0.2) is 25.7 Å². The first kappa shape index (κ1) is 20.1. The standard InChI is InChI=1S/C20H31NO3/c1-5-7-8-9-14-24-18-12-10-17(15-19(18)23-4)11-13-20(22)21-16(3)6-2/h10-13,15-16H,5-9,14H2,1-4H3,(H,21,22)/b13-11+. The second kappa shape index (κ2) is 11.5. The van der Waals surface area contributed by atoms with Gasteiger partial charge in [-0.15, -0.1) is 0 Å². The molecular weight excluding hydrogens is 302 g/mol. The summed E-state index contributed by atoms with van der Waals surface area (Å²) in [7, 11) is 1.63. The van der Waals surface area contributed by atoms with Gasteiger partial charge in [-0.25, -0.2) is 0 Å². The molecule has 0 radical (unpaired) electrons. The molecule has 4 heteroatoms. The van der Waals surface area contributed by atoms with Crippen LogP contribution in [0.25, 0.3) is 6.08 Å². The minimum atomic E-state index is -0.0837. The lowest BCUT2D eigenvalue weighted by Crippen LogP contribution is -2.30. The second-order valence-corrected chi connectivity index (χ2v) is 5.97. The van der Waals surface area contributed by atoms with Gasteiger partial charge in [0.2, 0.25) is 5.91 Å². The molecule has 1 aromatic rings. The average molecular weight is 333 g/mol. The molecule has 0 bridgehead atoms. The van der Waals surface area contributed by atoms with Crippen LogP contribution in [0.3, 0.4) is 0 Å². The molecule has 1 N–H and O–H groups in total. The number of benzene rings is 1. The molecule has 0 spiro atoms. The number of nitrogens with one attached hydrogen (secondary N) is 1. The Bertz CT molecular complexity index is 526. The number of amides is 1. The van der Waals surface area contributed by atoms with Crippen LogP contribution < -0.4 is 14.8 Å². The van der Waals surface area contributed by atoms with E-state index in [1.54, 1.807) is 19.3 Å². The Balaban J connectivity index is 2.60. The molecule has 0 saturated heterocycles. The normalized spacial score (nSPS) is 12.2. The maximum absolute atomic E-state index is 11.8. The molecule has 0 aromatic heterocycles. The molecule has 0 aliphatic rings. The van der Waals surface area contributed by atoms with Crippen LogP contribution in [0.15, 0.2) is 24.3 Å². The van der Waals surface area contributed by atoms with Crippen molar-refractivity contribution in [1.29, 1.82) is 0 Å². The van der Waals surface area contributed by atoms with Gasteiger partial charge in [0.05, 0.1) is 13.7 Å². The molecule has 0 saturated carbocycles. The van der Waals surface area contributed by atoms with Crippen LogP contribution in [0, 0.1) is 0 Å². The van der Waals surface area contributed by atoms with E-state index in [9.17, 15) is 4.79 Å². The summed E-state index contributed by atoms with van der Waals surface area (Å²) in [6.07, 6.45) is 8.94. The number of rotatable bonds is 11. The summed E-state index contributed by atoms with van der Waals surface area (Å²) >= 11 is 0. The first-order valence-corrected chi connectivity index (χ1v) is 8.90. The van der Waals surface area contributed by atoms with Crippen molar-refractivity contribution in [3.63, 3.8) is 0 Å². The Hall–Kier alpha value is -1.97. The van der Waals surface area contributed by atoms with E-state index in [-0.39, 0.29) is 11.9 Å². The van der Waals surface area contributed by atoms with E-state index < -0.39 is 0 Å².